The summed E-state index contributed by atoms with van der Waals surface area (Å²) in [7, 11) is 0. The van der Waals surface area contributed by atoms with Crippen molar-refractivity contribution in [1.82, 2.24) is 15.1 Å². The van der Waals surface area contributed by atoms with Crippen LogP contribution in [0.15, 0.2) is 46.5 Å². The summed E-state index contributed by atoms with van der Waals surface area (Å²) in [6, 6.07) is 8.96. The molecule has 0 spiro atoms. The number of nitrogen functional groups attached to an aromatic ring is 1. The van der Waals surface area contributed by atoms with Crippen LogP contribution in [0.3, 0.4) is 0 Å². The molecular formula is C17H17N5O3. The third kappa shape index (κ3) is 2.75. The van der Waals surface area contributed by atoms with Gasteiger partial charge in [0, 0.05) is 19.2 Å². The lowest BCUT2D eigenvalue weighted by Crippen LogP contribution is -2.39. The lowest BCUT2D eigenvalue weighted by Gasteiger charge is -2.33. The number of hydrogen-bond acceptors (Lipinski definition) is 7. The van der Waals surface area contributed by atoms with Crippen molar-refractivity contribution in [3.05, 3.63) is 48.0 Å². The lowest BCUT2D eigenvalue weighted by atomic mass is 9.97. The van der Waals surface area contributed by atoms with E-state index in [0.717, 1.165) is 12.8 Å². The SMILES string of the molecule is Nc1nnc(C2CCCN(C3=CC(=O)N(c4ccccc4)C3=O)C2)o1. The van der Waals surface area contributed by atoms with Gasteiger partial charge in [-0.05, 0) is 25.0 Å². The summed E-state index contributed by atoms with van der Waals surface area (Å²) in [5.74, 6) is -0.162. The van der Waals surface area contributed by atoms with E-state index in [-0.39, 0.29) is 23.7 Å². The smallest absolute Gasteiger partial charge is 0.312 e. The molecular weight excluding hydrogens is 322 g/mol. The van der Waals surface area contributed by atoms with Crippen LogP contribution >= 0.6 is 0 Å². The van der Waals surface area contributed by atoms with Crippen molar-refractivity contribution in [2.75, 3.05) is 23.7 Å². The average Bonchev–Trinajstić information content (AvgIpc) is 3.19. The number of rotatable bonds is 3. The van der Waals surface area contributed by atoms with Crippen LogP contribution in [0.4, 0.5) is 11.7 Å². The molecule has 1 aromatic heterocycles. The fourth-order valence-electron chi connectivity index (χ4n) is 3.32. The van der Waals surface area contributed by atoms with Crippen molar-refractivity contribution in [2.45, 2.75) is 18.8 Å². The number of carbonyl (C=O) groups excluding carboxylic acids is 2. The van der Waals surface area contributed by atoms with Gasteiger partial charge in [0.1, 0.15) is 5.70 Å². The minimum atomic E-state index is -0.324. The highest BCUT2D eigenvalue weighted by atomic mass is 16.4. The highest BCUT2D eigenvalue weighted by Crippen LogP contribution is 2.31. The van der Waals surface area contributed by atoms with E-state index in [2.05, 4.69) is 10.2 Å². The Morgan fingerprint density at radius 3 is 2.68 bits per heavy atom. The van der Waals surface area contributed by atoms with Gasteiger partial charge in [-0.25, -0.2) is 4.90 Å². The van der Waals surface area contributed by atoms with E-state index >= 15 is 0 Å². The topological polar surface area (TPSA) is 106 Å². The molecule has 1 atom stereocenters. The summed E-state index contributed by atoms with van der Waals surface area (Å²) in [5.41, 5.74) is 6.47. The van der Waals surface area contributed by atoms with Gasteiger partial charge in [-0.15, -0.1) is 5.10 Å². The highest BCUT2D eigenvalue weighted by molar-refractivity contribution is 6.30. The van der Waals surface area contributed by atoms with Gasteiger partial charge in [0.2, 0.25) is 5.89 Å². The molecule has 2 amide bonds. The zero-order chi connectivity index (χ0) is 17.4. The van der Waals surface area contributed by atoms with Crippen LogP contribution in [-0.4, -0.2) is 40.0 Å². The van der Waals surface area contributed by atoms with E-state index < -0.39 is 0 Å². The second kappa shape index (κ2) is 6.04. The third-order valence-corrected chi connectivity index (χ3v) is 4.48. The highest BCUT2D eigenvalue weighted by Gasteiger charge is 2.37. The lowest BCUT2D eigenvalue weighted by molar-refractivity contribution is -0.121. The van der Waals surface area contributed by atoms with Gasteiger partial charge in [0.05, 0.1) is 11.6 Å². The number of para-hydroxylation sites is 1. The molecule has 0 saturated carbocycles. The molecule has 1 saturated heterocycles. The van der Waals surface area contributed by atoms with Crippen LogP contribution in [0, 0.1) is 0 Å². The van der Waals surface area contributed by atoms with Gasteiger partial charge in [-0.2, -0.15) is 0 Å². The van der Waals surface area contributed by atoms with Gasteiger partial charge in [0.15, 0.2) is 0 Å². The standard InChI is InChI=1S/C17H17N5O3/c18-17-20-19-15(25-17)11-5-4-8-21(10-11)13-9-14(23)22(16(13)24)12-6-2-1-3-7-12/h1-3,6-7,9,11H,4-5,8,10H2,(H2,18,20). The van der Waals surface area contributed by atoms with Gasteiger partial charge in [-0.1, -0.05) is 23.3 Å². The predicted molar refractivity (Wildman–Crippen MR) is 89.3 cm³/mol. The van der Waals surface area contributed by atoms with Gasteiger partial charge >= 0.3 is 6.01 Å². The Morgan fingerprint density at radius 2 is 1.96 bits per heavy atom. The molecule has 3 heterocycles. The van der Waals surface area contributed by atoms with Crippen LogP contribution in [0.2, 0.25) is 0 Å². The molecule has 1 unspecified atom stereocenters. The monoisotopic (exact) mass is 339 g/mol. The Bertz CT molecular complexity index is 845. The van der Waals surface area contributed by atoms with Crippen molar-refractivity contribution in [3.8, 4) is 0 Å². The molecule has 0 bridgehead atoms. The van der Waals surface area contributed by atoms with Crippen molar-refractivity contribution >= 4 is 23.5 Å². The first kappa shape index (κ1) is 15.4. The first-order chi connectivity index (χ1) is 12.1. The molecule has 0 aliphatic carbocycles. The van der Waals surface area contributed by atoms with Crippen LogP contribution in [0.1, 0.15) is 24.7 Å². The molecule has 8 heteroatoms. The van der Waals surface area contributed by atoms with Crippen molar-refractivity contribution < 1.29 is 14.0 Å². The summed E-state index contributed by atoms with van der Waals surface area (Å²) in [5, 5.41) is 7.64. The number of likely N-dealkylation sites (tertiary alicyclic amines) is 1. The number of amides is 2. The molecule has 4 rings (SSSR count). The number of piperidine rings is 1. The zero-order valence-corrected chi connectivity index (χ0v) is 13.5. The van der Waals surface area contributed by atoms with E-state index in [1.807, 2.05) is 11.0 Å². The van der Waals surface area contributed by atoms with Gasteiger partial charge in [-0.3, -0.25) is 9.59 Å². The number of imide groups is 1. The summed E-state index contributed by atoms with van der Waals surface area (Å²) < 4.78 is 5.32. The molecule has 1 fully saturated rings. The Hall–Kier alpha value is -3.16. The Balaban J connectivity index is 1.54. The Labute approximate surface area is 143 Å². The number of hydrogen-bond donors (Lipinski definition) is 1. The van der Waals surface area contributed by atoms with Crippen LogP contribution < -0.4 is 10.6 Å². The molecule has 1 aromatic carbocycles. The summed E-state index contributed by atoms with van der Waals surface area (Å²) >= 11 is 0. The zero-order valence-electron chi connectivity index (χ0n) is 13.5. The average molecular weight is 339 g/mol. The predicted octanol–water partition coefficient (Wildman–Crippen LogP) is 1.29. The maximum absolute atomic E-state index is 12.8. The summed E-state index contributed by atoms with van der Waals surface area (Å²) in [6.45, 7) is 1.24. The Kier molecular flexibility index (Phi) is 3.72. The number of aromatic nitrogens is 2. The van der Waals surface area contributed by atoms with Crippen LogP contribution in [-0.2, 0) is 9.59 Å². The second-order valence-corrected chi connectivity index (χ2v) is 6.11. The first-order valence-corrected chi connectivity index (χ1v) is 8.12. The van der Waals surface area contributed by atoms with Gasteiger partial charge < -0.3 is 15.1 Å². The van der Waals surface area contributed by atoms with E-state index in [0.29, 0.717) is 30.4 Å². The maximum atomic E-state index is 12.8. The number of nitrogens with zero attached hydrogens (tertiary/aromatic N) is 4. The number of anilines is 2. The van der Waals surface area contributed by atoms with Crippen molar-refractivity contribution in [2.24, 2.45) is 0 Å². The molecule has 8 nitrogen and oxygen atoms in total. The first-order valence-electron chi connectivity index (χ1n) is 8.12. The van der Waals surface area contributed by atoms with Crippen molar-refractivity contribution in [3.63, 3.8) is 0 Å². The molecule has 128 valence electrons. The van der Waals surface area contributed by atoms with Crippen LogP contribution in [0.25, 0.3) is 0 Å². The molecule has 2 aromatic rings. The van der Waals surface area contributed by atoms with E-state index in [9.17, 15) is 9.59 Å². The molecule has 2 N–H and O–H groups in total. The maximum Gasteiger partial charge on any atom is 0.312 e. The Morgan fingerprint density at radius 1 is 1.16 bits per heavy atom. The fourth-order valence-corrected chi connectivity index (χ4v) is 3.32. The quantitative estimate of drug-likeness (QED) is 0.840. The molecule has 2 aliphatic heterocycles. The molecule has 2 aliphatic rings. The molecule has 0 radical (unpaired) electrons. The minimum absolute atomic E-state index is 0.00636. The molecule has 25 heavy (non-hydrogen) atoms. The van der Waals surface area contributed by atoms with Crippen LogP contribution in [0.5, 0.6) is 0 Å². The largest absolute Gasteiger partial charge is 0.408 e. The summed E-state index contributed by atoms with van der Waals surface area (Å²) in [6.07, 6.45) is 3.13. The van der Waals surface area contributed by atoms with E-state index in [4.69, 9.17) is 10.2 Å². The van der Waals surface area contributed by atoms with Gasteiger partial charge in [0.25, 0.3) is 11.8 Å². The number of carbonyl (C=O) groups is 2. The fraction of sp³-hybridized carbons (Fsp3) is 0.294. The number of nitrogens with two attached hydrogens (primary N) is 1. The normalized spacial score (nSPS) is 21.0. The second-order valence-electron chi connectivity index (χ2n) is 6.11. The summed E-state index contributed by atoms with van der Waals surface area (Å²) in [4.78, 5) is 28.2. The van der Waals surface area contributed by atoms with E-state index in [1.165, 1.54) is 11.0 Å². The van der Waals surface area contributed by atoms with E-state index in [1.54, 1.807) is 24.3 Å². The van der Waals surface area contributed by atoms with Crippen molar-refractivity contribution in [1.29, 1.82) is 0 Å². The third-order valence-electron chi connectivity index (χ3n) is 4.48. The minimum Gasteiger partial charge on any atom is -0.408 e. The number of benzene rings is 1.